The highest BCUT2D eigenvalue weighted by molar-refractivity contribution is 5.45. The second-order valence-electron chi connectivity index (χ2n) is 4.61. The molecule has 0 aliphatic carbocycles. The van der Waals surface area contributed by atoms with Crippen molar-refractivity contribution in [1.29, 1.82) is 10.5 Å². The lowest BCUT2D eigenvalue weighted by atomic mass is 10.1. The van der Waals surface area contributed by atoms with Crippen LogP contribution in [0.1, 0.15) is 27.7 Å². The normalized spacial score (nSPS) is 10.8. The molecule has 0 atom stereocenters. The molecule has 0 N–H and O–H groups in total. The second-order valence-corrected chi connectivity index (χ2v) is 4.61. The first-order chi connectivity index (χ1) is 7.60. The maximum absolute atomic E-state index is 9.43. The largest absolute Gasteiger partial charge is 0.351 e. The van der Waals surface area contributed by atoms with Gasteiger partial charge in [-0.3, -0.25) is 4.79 Å². The Morgan fingerprint density at radius 3 is 1.35 bits per heavy atom. The van der Waals surface area contributed by atoms with Crippen LogP contribution < -0.4 is 0 Å². The van der Waals surface area contributed by atoms with Crippen molar-refractivity contribution in [3.8, 4) is 12.1 Å². The van der Waals surface area contributed by atoms with E-state index in [4.69, 9.17) is 10.5 Å². The van der Waals surface area contributed by atoms with Crippen molar-refractivity contribution in [3.63, 3.8) is 0 Å². The van der Waals surface area contributed by atoms with Crippen LogP contribution in [-0.4, -0.2) is 36.5 Å². The molecule has 0 unspecified atom stereocenters. The molecule has 0 saturated heterocycles. The van der Waals surface area contributed by atoms with Gasteiger partial charge in [0, 0.05) is 14.1 Å². The Morgan fingerprint density at radius 1 is 1.00 bits per heavy atom. The minimum Gasteiger partial charge on any atom is -0.351 e. The van der Waals surface area contributed by atoms with Gasteiger partial charge in [-0.25, -0.2) is 0 Å². The van der Waals surface area contributed by atoms with Gasteiger partial charge in [0.25, 0.3) is 0 Å². The number of nitriles is 2. The maximum Gasteiger partial charge on any atom is 0.209 e. The van der Waals surface area contributed by atoms with Gasteiger partial charge in [-0.05, 0) is 27.7 Å². The van der Waals surface area contributed by atoms with Crippen molar-refractivity contribution in [1.82, 2.24) is 4.90 Å². The number of nitrogens with zero attached hydrogens (tertiary/aromatic N) is 5. The summed E-state index contributed by atoms with van der Waals surface area (Å²) in [7, 11) is 3.38. The Balaban J connectivity index is 0. The van der Waals surface area contributed by atoms with E-state index in [0.717, 1.165) is 6.41 Å². The SMILES string of the molecule is CC(C)(C#N)N=NC(C)(C)C#N.CN(C)C=O. The molecule has 0 aromatic rings. The summed E-state index contributed by atoms with van der Waals surface area (Å²) in [6.07, 6.45) is 0.750. The highest BCUT2D eigenvalue weighted by atomic mass is 16.1. The molecule has 1 amide bonds. The minimum atomic E-state index is -0.839. The van der Waals surface area contributed by atoms with E-state index in [0.29, 0.717) is 0 Å². The molecule has 6 nitrogen and oxygen atoms in total. The number of carbonyl (C=O) groups excluding carboxylic acids is 1. The van der Waals surface area contributed by atoms with Crippen LogP contribution in [0.3, 0.4) is 0 Å². The van der Waals surface area contributed by atoms with Gasteiger partial charge in [-0.15, -0.1) is 0 Å². The minimum absolute atomic E-state index is 0.750. The molecule has 0 aromatic heterocycles. The molecular weight excluding hydrogens is 218 g/mol. The van der Waals surface area contributed by atoms with Crippen LogP contribution in [0.15, 0.2) is 10.2 Å². The molecule has 0 fully saturated rings. The van der Waals surface area contributed by atoms with E-state index in [1.807, 2.05) is 12.1 Å². The van der Waals surface area contributed by atoms with Crippen LogP contribution in [-0.2, 0) is 4.79 Å². The van der Waals surface area contributed by atoms with E-state index < -0.39 is 11.1 Å². The standard InChI is InChI=1S/C8H12N4.C3H7NO/c1-7(2,5-9)11-12-8(3,4)6-10;1-4(2)3-5/h1-4H3;3H,1-2H3. The fourth-order valence-electron chi connectivity index (χ4n) is 0.295. The van der Waals surface area contributed by atoms with Crippen molar-refractivity contribution in [2.24, 2.45) is 10.2 Å². The van der Waals surface area contributed by atoms with E-state index >= 15 is 0 Å². The molecule has 17 heavy (non-hydrogen) atoms. The predicted molar refractivity (Wildman–Crippen MR) is 64.0 cm³/mol. The Kier molecular flexibility index (Phi) is 7.54. The van der Waals surface area contributed by atoms with Gasteiger partial charge in [-0.2, -0.15) is 20.8 Å². The summed E-state index contributed by atoms with van der Waals surface area (Å²) in [4.78, 5) is 10.9. The first kappa shape index (κ1) is 17.4. The van der Waals surface area contributed by atoms with Crippen molar-refractivity contribution in [2.45, 2.75) is 38.8 Å². The van der Waals surface area contributed by atoms with Crippen molar-refractivity contribution in [2.75, 3.05) is 14.1 Å². The van der Waals surface area contributed by atoms with Crippen LogP contribution >= 0.6 is 0 Å². The smallest absolute Gasteiger partial charge is 0.209 e. The van der Waals surface area contributed by atoms with E-state index in [9.17, 15) is 4.79 Å². The lowest BCUT2D eigenvalue weighted by Crippen LogP contribution is -2.17. The molecule has 0 bridgehead atoms. The molecular formula is C11H19N5O. The van der Waals surface area contributed by atoms with Gasteiger partial charge in [0.05, 0.1) is 12.1 Å². The molecule has 6 heteroatoms. The van der Waals surface area contributed by atoms with Crippen molar-refractivity contribution >= 4 is 6.41 Å². The average Bonchev–Trinajstić information content (AvgIpc) is 2.27. The number of azo groups is 1. The molecule has 0 spiro atoms. The lowest BCUT2D eigenvalue weighted by molar-refractivity contribution is -0.115. The number of amides is 1. The first-order valence-electron chi connectivity index (χ1n) is 4.98. The first-order valence-corrected chi connectivity index (χ1v) is 4.98. The summed E-state index contributed by atoms with van der Waals surface area (Å²) >= 11 is 0. The molecule has 94 valence electrons. The van der Waals surface area contributed by atoms with E-state index in [1.54, 1.807) is 41.8 Å². The van der Waals surface area contributed by atoms with Gasteiger partial charge in [-0.1, -0.05) is 0 Å². The highest BCUT2D eigenvalue weighted by Gasteiger charge is 2.19. The monoisotopic (exact) mass is 237 g/mol. The van der Waals surface area contributed by atoms with Crippen LogP contribution in [0.25, 0.3) is 0 Å². The number of hydrogen-bond acceptors (Lipinski definition) is 5. The molecule has 0 aliphatic heterocycles. The molecule has 0 rings (SSSR count). The number of rotatable bonds is 3. The van der Waals surface area contributed by atoms with Crippen molar-refractivity contribution in [3.05, 3.63) is 0 Å². The van der Waals surface area contributed by atoms with Crippen LogP contribution in [0.2, 0.25) is 0 Å². The number of hydrogen-bond donors (Lipinski definition) is 0. The Morgan fingerprint density at radius 2 is 1.24 bits per heavy atom. The summed E-state index contributed by atoms with van der Waals surface area (Å²) < 4.78 is 0. The second kappa shape index (κ2) is 7.34. The van der Waals surface area contributed by atoms with Gasteiger partial charge in [0.15, 0.2) is 11.1 Å². The van der Waals surface area contributed by atoms with E-state index in [2.05, 4.69) is 10.2 Å². The zero-order valence-electron chi connectivity index (χ0n) is 11.2. The Labute approximate surface area is 103 Å². The van der Waals surface area contributed by atoms with Crippen molar-refractivity contribution < 1.29 is 4.79 Å². The Bertz CT molecular complexity index is 316. The lowest BCUT2D eigenvalue weighted by Gasteiger charge is -2.11. The van der Waals surface area contributed by atoms with Gasteiger partial charge in [0.2, 0.25) is 6.41 Å². The predicted octanol–water partition coefficient (Wildman–Crippen LogP) is 1.75. The van der Waals surface area contributed by atoms with E-state index in [-0.39, 0.29) is 0 Å². The van der Waals surface area contributed by atoms with Crippen LogP contribution in [0.4, 0.5) is 0 Å². The third-order valence-electron chi connectivity index (χ3n) is 1.31. The van der Waals surface area contributed by atoms with Crippen LogP contribution in [0, 0.1) is 22.7 Å². The number of carbonyl (C=O) groups is 1. The van der Waals surface area contributed by atoms with E-state index in [1.165, 1.54) is 4.90 Å². The topological polar surface area (TPSA) is 92.6 Å². The van der Waals surface area contributed by atoms with Crippen LogP contribution in [0.5, 0.6) is 0 Å². The quantitative estimate of drug-likeness (QED) is 0.552. The molecule has 0 aliphatic rings. The molecule has 0 radical (unpaired) electrons. The summed E-state index contributed by atoms with van der Waals surface area (Å²) in [6.45, 7) is 6.57. The fourth-order valence-corrected chi connectivity index (χ4v) is 0.295. The Hall–Kier alpha value is -1.95. The summed E-state index contributed by atoms with van der Waals surface area (Å²) in [5.74, 6) is 0. The van der Waals surface area contributed by atoms with Gasteiger partial charge in [0.1, 0.15) is 0 Å². The molecule has 0 heterocycles. The maximum atomic E-state index is 9.43. The fraction of sp³-hybridized carbons (Fsp3) is 0.727. The molecule has 0 aromatic carbocycles. The zero-order chi connectivity index (χ0) is 14.1. The molecule has 0 saturated carbocycles. The third kappa shape index (κ3) is 12.0. The van der Waals surface area contributed by atoms with Gasteiger partial charge < -0.3 is 4.90 Å². The highest BCUT2D eigenvalue weighted by Crippen LogP contribution is 2.13. The summed E-state index contributed by atoms with van der Waals surface area (Å²) in [5.41, 5.74) is -1.68. The zero-order valence-corrected chi connectivity index (χ0v) is 11.2. The van der Waals surface area contributed by atoms with Gasteiger partial charge >= 0.3 is 0 Å². The summed E-state index contributed by atoms with van der Waals surface area (Å²) in [5, 5.41) is 24.7. The third-order valence-corrected chi connectivity index (χ3v) is 1.31. The summed E-state index contributed by atoms with van der Waals surface area (Å²) in [6, 6.07) is 3.94. The average molecular weight is 237 g/mol.